The van der Waals surface area contributed by atoms with Gasteiger partial charge in [0.25, 0.3) is 0 Å². The molecule has 3 aromatic carbocycles. The van der Waals surface area contributed by atoms with E-state index in [1.807, 2.05) is 23.1 Å². The van der Waals surface area contributed by atoms with Crippen LogP contribution in [-0.2, 0) is 19.6 Å². The molecule has 2 atom stereocenters. The highest BCUT2D eigenvalue weighted by Crippen LogP contribution is 2.41. The van der Waals surface area contributed by atoms with Gasteiger partial charge in [-0.3, -0.25) is 4.79 Å². The van der Waals surface area contributed by atoms with E-state index < -0.39 is 28.1 Å². The smallest absolute Gasteiger partial charge is 0.490 e. The average molecular weight is 692 g/mol. The number of benzene rings is 3. The molecular formula is C33H36F3N3O8S. The zero-order chi connectivity index (χ0) is 34.8. The lowest BCUT2D eigenvalue weighted by Gasteiger charge is -2.38. The van der Waals surface area contributed by atoms with E-state index in [-0.39, 0.29) is 36.6 Å². The second-order valence-electron chi connectivity index (χ2n) is 11.7. The third-order valence-electron chi connectivity index (χ3n) is 8.65. The van der Waals surface area contributed by atoms with Gasteiger partial charge in [-0.2, -0.15) is 17.5 Å². The minimum absolute atomic E-state index is 0.0170. The number of carbonyl (C=O) groups is 2. The van der Waals surface area contributed by atoms with Gasteiger partial charge < -0.3 is 29.1 Å². The van der Waals surface area contributed by atoms with Gasteiger partial charge in [-0.25, -0.2) is 13.2 Å². The number of carbonyl (C=O) groups excluding carboxylic acids is 1. The highest BCUT2D eigenvalue weighted by Gasteiger charge is 2.45. The van der Waals surface area contributed by atoms with Crippen LogP contribution in [0.5, 0.6) is 17.2 Å². The van der Waals surface area contributed by atoms with Crippen molar-refractivity contribution in [2.45, 2.75) is 30.8 Å². The molecule has 3 aliphatic heterocycles. The molecule has 3 aliphatic rings. The number of halogens is 3. The number of aliphatic carboxylic acids is 1. The van der Waals surface area contributed by atoms with E-state index in [0.717, 1.165) is 18.7 Å². The van der Waals surface area contributed by atoms with Gasteiger partial charge in [0.05, 0.1) is 17.9 Å². The number of sulfonamides is 1. The summed E-state index contributed by atoms with van der Waals surface area (Å²) in [6, 6.07) is 18.5. The number of piperazine rings is 1. The number of carboxylic acids is 1. The number of carboxylic acid groups (broad SMARTS) is 1. The molecule has 6 rings (SSSR count). The van der Waals surface area contributed by atoms with Crippen molar-refractivity contribution in [2.75, 3.05) is 58.1 Å². The van der Waals surface area contributed by atoms with Crippen LogP contribution in [-0.4, -0.2) is 94.0 Å². The zero-order valence-corrected chi connectivity index (χ0v) is 27.4. The number of nitrogens with zero attached hydrogens (tertiary/aromatic N) is 3. The van der Waals surface area contributed by atoms with Gasteiger partial charge >= 0.3 is 12.1 Å². The van der Waals surface area contributed by atoms with Crippen molar-refractivity contribution in [3.05, 3.63) is 77.4 Å². The number of ether oxygens (including phenoxy) is 3. The highest BCUT2D eigenvalue weighted by molar-refractivity contribution is 7.89. The maximum absolute atomic E-state index is 14.1. The fourth-order valence-electron chi connectivity index (χ4n) is 6.07. The summed E-state index contributed by atoms with van der Waals surface area (Å²) in [4.78, 5) is 27.4. The maximum Gasteiger partial charge on any atom is 0.490 e. The van der Waals surface area contributed by atoms with Crippen molar-refractivity contribution in [2.24, 2.45) is 5.92 Å². The first-order chi connectivity index (χ1) is 22.7. The second-order valence-corrected chi connectivity index (χ2v) is 13.7. The fraction of sp³-hybridized carbons (Fsp3) is 0.394. The molecule has 0 unspecified atom stereocenters. The summed E-state index contributed by atoms with van der Waals surface area (Å²) in [5.41, 5.74) is 4.49. The summed E-state index contributed by atoms with van der Waals surface area (Å²) in [6.45, 7) is 7.26. The molecular weight excluding hydrogens is 655 g/mol. The van der Waals surface area contributed by atoms with Crippen LogP contribution in [0.1, 0.15) is 22.6 Å². The van der Waals surface area contributed by atoms with Gasteiger partial charge in [-0.15, -0.1) is 0 Å². The van der Waals surface area contributed by atoms with Crippen molar-refractivity contribution >= 4 is 27.6 Å². The first-order valence-corrected chi connectivity index (χ1v) is 16.6. The summed E-state index contributed by atoms with van der Waals surface area (Å²) in [5.74, 6) is -1.89. The van der Waals surface area contributed by atoms with E-state index >= 15 is 0 Å². The van der Waals surface area contributed by atoms with Crippen LogP contribution in [0.25, 0.3) is 0 Å². The molecule has 2 saturated heterocycles. The van der Waals surface area contributed by atoms with E-state index in [1.54, 1.807) is 18.2 Å². The Kier molecular flexibility index (Phi) is 10.1. The highest BCUT2D eigenvalue weighted by atomic mass is 32.2. The lowest BCUT2D eigenvalue weighted by molar-refractivity contribution is -0.192. The van der Waals surface area contributed by atoms with Crippen LogP contribution < -0.4 is 19.1 Å². The average Bonchev–Trinajstić information content (AvgIpc) is 3.73. The molecule has 258 valence electrons. The first-order valence-electron chi connectivity index (χ1n) is 15.1. The molecule has 0 aliphatic carbocycles. The van der Waals surface area contributed by atoms with Crippen LogP contribution in [0.3, 0.4) is 0 Å². The molecule has 0 radical (unpaired) electrons. The van der Waals surface area contributed by atoms with Gasteiger partial charge in [0.15, 0.2) is 11.5 Å². The normalized spacial score (nSPS) is 19.5. The molecule has 0 spiro atoms. The third-order valence-corrected chi connectivity index (χ3v) is 10.5. The minimum Gasteiger partial charge on any atom is -0.497 e. The lowest BCUT2D eigenvalue weighted by atomic mass is 9.87. The molecule has 1 amide bonds. The Morgan fingerprint density at radius 3 is 2.27 bits per heavy atom. The molecule has 0 saturated carbocycles. The van der Waals surface area contributed by atoms with Gasteiger partial charge in [-0.1, -0.05) is 24.3 Å². The predicted molar refractivity (Wildman–Crippen MR) is 169 cm³/mol. The van der Waals surface area contributed by atoms with Crippen LogP contribution in [0, 0.1) is 19.8 Å². The molecule has 0 bridgehead atoms. The predicted octanol–water partition coefficient (Wildman–Crippen LogP) is 4.43. The largest absolute Gasteiger partial charge is 0.497 e. The summed E-state index contributed by atoms with van der Waals surface area (Å²) >= 11 is 0. The Morgan fingerprint density at radius 1 is 0.917 bits per heavy atom. The Balaban J connectivity index is 0.000000582. The number of amides is 1. The Bertz CT molecular complexity index is 1780. The van der Waals surface area contributed by atoms with E-state index in [4.69, 9.17) is 24.1 Å². The monoisotopic (exact) mass is 691 g/mol. The number of hydrogen-bond acceptors (Lipinski definition) is 8. The summed E-state index contributed by atoms with van der Waals surface area (Å²) in [7, 11) is -2.35. The van der Waals surface area contributed by atoms with Gasteiger partial charge in [0.2, 0.25) is 22.7 Å². The molecule has 1 N–H and O–H groups in total. The van der Waals surface area contributed by atoms with E-state index in [2.05, 4.69) is 36.9 Å². The summed E-state index contributed by atoms with van der Waals surface area (Å²) < 4.78 is 77.1. The van der Waals surface area contributed by atoms with E-state index in [9.17, 15) is 26.4 Å². The van der Waals surface area contributed by atoms with Crippen molar-refractivity contribution in [1.82, 2.24) is 9.21 Å². The van der Waals surface area contributed by atoms with Crippen molar-refractivity contribution in [3.8, 4) is 17.2 Å². The van der Waals surface area contributed by atoms with Crippen LogP contribution >= 0.6 is 0 Å². The van der Waals surface area contributed by atoms with Crippen molar-refractivity contribution in [1.29, 1.82) is 0 Å². The number of fused-ring (bicyclic) bond motifs is 1. The van der Waals surface area contributed by atoms with Gasteiger partial charge in [-0.05, 0) is 60.9 Å². The van der Waals surface area contributed by atoms with Gasteiger partial charge in [0, 0.05) is 56.9 Å². The number of anilines is 1. The number of hydrogen-bond donors (Lipinski definition) is 1. The lowest BCUT2D eigenvalue weighted by Crippen LogP contribution is -2.51. The number of methoxy groups -OCH3 is 1. The minimum atomic E-state index is -5.08. The first kappa shape index (κ1) is 34.8. The van der Waals surface area contributed by atoms with E-state index in [0.29, 0.717) is 30.3 Å². The molecule has 15 heteroatoms. The Labute approximate surface area is 276 Å². The Hall–Kier alpha value is -4.50. The van der Waals surface area contributed by atoms with Crippen LogP contribution in [0.15, 0.2) is 65.6 Å². The number of aryl methyl sites for hydroxylation is 2. The summed E-state index contributed by atoms with van der Waals surface area (Å²) in [6.07, 6.45) is -5.08. The quantitative estimate of drug-likeness (QED) is 0.400. The zero-order valence-electron chi connectivity index (χ0n) is 26.6. The number of alkyl halides is 3. The number of rotatable bonds is 6. The van der Waals surface area contributed by atoms with E-state index in [1.165, 1.54) is 34.3 Å². The SMILES string of the molecule is COc1cccc(S(=O)(=O)N2C[C@@H](C(=O)N3CCN(c4cc(C)ccc4C)CC3)[C@H](c3ccc4c(c3)OCO4)C2)c1.O=C(O)C(F)(F)F. The topological polar surface area (TPSA) is 126 Å². The van der Waals surface area contributed by atoms with Crippen LogP contribution in [0.4, 0.5) is 18.9 Å². The standard InChI is InChI=1S/C31H35N3O6S.C2HF3O2/c1-21-7-8-22(2)28(15-21)32-11-13-33(14-12-32)31(35)27-19-34(41(36,37)25-6-4-5-24(17-25)38-3)18-26(27)23-9-10-29-30(16-23)40-20-39-29;3-2(4,5)1(6)7/h4-10,15-17,26-27H,11-14,18-20H2,1-3H3;(H,6,7)/t26-,27+;/m0./s1. The maximum atomic E-state index is 14.1. The third kappa shape index (κ3) is 7.46. The molecule has 3 aromatic rings. The van der Waals surface area contributed by atoms with Gasteiger partial charge in [0.1, 0.15) is 5.75 Å². The molecule has 11 nitrogen and oxygen atoms in total. The molecule has 0 aromatic heterocycles. The fourth-order valence-corrected chi connectivity index (χ4v) is 7.60. The molecule has 48 heavy (non-hydrogen) atoms. The van der Waals surface area contributed by atoms with Crippen molar-refractivity contribution in [3.63, 3.8) is 0 Å². The van der Waals surface area contributed by atoms with Crippen molar-refractivity contribution < 1.29 is 50.5 Å². The second kappa shape index (κ2) is 13.9. The molecule has 2 fully saturated rings. The summed E-state index contributed by atoms with van der Waals surface area (Å²) in [5, 5.41) is 7.12. The molecule has 3 heterocycles. The Morgan fingerprint density at radius 2 is 1.60 bits per heavy atom. The van der Waals surface area contributed by atoms with Crippen LogP contribution in [0.2, 0.25) is 0 Å².